The molecule has 1 rings (SSSR count). The average molecular weight is 335 g/mol. The molecule has 1 N–H and O–H groups in total. The molecule has 1 amide bonds. The summed E-state index contributed by atoms with van der Waals surface area (Å²) in [6.45, 7) is 12.6. The Labute approximate surface area is 143 Å². The van der Waals surface area contributed by atoms with Crippen molar-refractivity contribution in [3.05, 3.63) is 43.9 Å². The number of carbonyl (C=O) groups excluding carboxylic acids is 1. The smallest absolute Gasteiger partial charge is 0.230 e. The fourth-order valence-electron chi connectivity index (χ4n) is 1.57. The van der Waals surface area contributed by atoms with E-state index in [0.29, 0.717) is 17.2 Å². The van der Waals surface area contributed by atoms with Crippen molar-refractivity contribution in [1.29, 1.82) is 0 Å². The topological polar surface area (TPSA) is 66.0 Å². The van der Waals surface area contributed by atoms with E-state index in [4.69, 9.17) is 18.9 Å². The molecule has 132 valence electrons. The standard InChI is InChI=1S/C18H25NO5/c1-6-18(4,5)17(20)19-14-9-10-15(23-12-21-7-2)16(11-14)24-13-22-8-3/h7-11H,2-3,6,12-13H2,1,4-5H3,(H,19,20). The van der Waals surface area contributed by atoms with E-state index in [1.807, 2.05) is 20.8 Å². The first kappa shape index (κ1) is 19.4. The van der Waals surface area contributed by atoms with Crippen LogP contribution in [0.2, 0.25) is 0 Å². The summed E-state index contributed by atoms with van der Waals surface area (Å²) in [6, 6.07) is 5.08. The monoisotopic (exact) mass is 335 g/mol. The summed E-state index contributed by atoms with van der Waals surface area (Å²) in [4.78, 5) is 12.3. The zero-order chi connectivity index (χ0) is 18.0. The highest BCUT2D eigenvalue weighted by molar-refractivity contribution is 5.95. The summed E-state index contributed by atoms with van der Waals surface area (Å²) in [6.07, 6.45) is 3.29. The highest BCUT2D eigenvalue weighted by Crippen LogP contribution is 2.32. The van der Waals surface area contributed by atoms with Crippen LogP contribution in [0.25, 0.3) is 0 Å². The van der Waals surface area contributed by atoms with Crippen molar-refractivity contribution in [1.82, 2.24) is 0 Å². The third kappa shape index (κ3) is 5.87. The van der Waals surface area contributed by atoms with Gasteiger partial charge in [0.15, 0.2) is 11.5 Å². The first-order chi connectivity index (χ1) is 11.4. The van der Waals surface area contributed by atoms with Crippen LogP contribution >= 0.6 is 0 Å². The van der Waals surface area contributed by atoms with Crippen LogP contribution < -0.4 is 14.8 Å². The minimum Gasteiger partial charge on any atom is -0.466 e. The highest BCUT2D eigenvalue weighted by Gasteiger charge is 2.25. The Bertz CT molecular complexity index is 569. The molecule has 0 radical (unpaired) electrons. The van der Waals surface area contributed by atoms with Crippen LogP contribution in [-0.2, 0) is 14.3 Å². The lowest BCUT2D eigenvalue weighted by Gasteiger charge is -2.22. The Hall–Kier alpha value is -2.63. The second-order valence-corrected chi connectivity index (χ2v) is 5.54. The van der Waals surface area contributed by atoms with Gasteiger partial charge in [-0.05, 0) is 18.6 Å². The third-order valence-electron chi connectivity index (χ3n) is 3.50. The van der Waals surface area contributed by atoms with E-state index in [2.05, 4.69) is 18.5 Å². The number of amides is 1. The first-order valence-electron chi connectivity index (χ1n) is 7.60. The lowest BCUT2D eigenvalue weighted by atomic mass is 9.89. The van der Waals surface area contributed by atoms with Crippen LogP contribution in [0.4, 0.5) is 5.69 Å². The van der Waals surface area contributed by atoms with Crippen LogP contribution in [-0.4, -0.2) is 19.5 Å². The summed E-state index contributed by atoms with van der Waals surface area (Å²) < 4.78 is 20.8. The number of hydrogen-bond donors (Lipinski definition) is 1. The fourth-order valence-corrected chi connectivity index (χ4v) is 1.57. The number of anilines is 1. The zero-order valence-corrected chi connectivity index (χ0v) is 14.5. The summed E-state index contributed by atoms with van der Waals surface area (Å²) in [5, 5.41) is 2.88. The van der Waals surface area contributed by atoms with Crippen LogP contribution in [0, 0.1) is 5.41 Å². The van der Waals surface area contributed by atoms with Gasteiger partial charge in [0.1, 0.15) is 0 Å². The molecule has 0 aromatic heterocycles. The average Bonchev–Trinajstić information content (AvgIpc) is 2.57. The minimum atomic E-state index is -0.458. The normalized spacial score (nSPS) is 10.5. The molecule has 24 heavy (non-hydrogen) atoms. The number of carbonyl (C=O) groups is 1. The van der Waals surface area contributed by atoms with Crippen molar-refractivity contribution in [2.45, 2.75) is 27.2 Å². The van der Waals surface area contributed by atoms with Crippen molar-refractivity contribution in [2.75, 3.05) is 18.9 Å². The summed E-state index contributed by atoms with van der Waals surface area (Å²) in [5.41, 5.74) is 0.145. The van der Waals surface area contributed by atoms with Gasteiger partial charge < -0.3 is 24.3 Å². The van der Waals surface area contributed by atoms with E-state index in [0.717, 1.165) is 6.42 Å². The Morgan fingerprint density at radius 2 is 1.71 bits per heavy atom. The Morgan fingerprint density at radius 1 is 1.12 bits per heavy atom. The second kappa shape index (κ2) is 9.50. The van der Waals surface area contributed by atoms with Gasteiger partial charge in [0, 0.05) is 17.2 Å². The van der Waals surface area contributed by atoms with Crippen molar-refractivity contribution < 1.29 is 23.7 Å². The molecular weight excluding hydrogens is 310 g/mol. The van der Waals surface area contributed by atoms with E-state index >= 15 is 0 Å². The van der Waals surface area contributed by atoms with E-state index in [1.54, 1.807) is 18.2 Å². The Kier molecular flexibility index (Phi) is 7.68. The molecule has 6 heteroatoms. The van der Waals surface area contributed by atoms with Crippen molar-refractivity contribution >= 4 is 11.6 Å². The largest absolute Gasteiger partial charge is 0.466 e. The molecule has 0 aliphatic heterocycles. The second-order valence-electron chi connectivity index (χ2n) is 5.54. The van der Waals surface area contributed by atoms with Crippen LogP contribution in [0.3, 0.4) is 0 Å². The maximum Gasteiger partial charge on any atom is 0.230 e. The fraction of sp³-hybridized carbons (Fsp3) is 0.389. The maximum atomic E-state index is 12.3. The zero-order valence-electron chi connectivity index (χ0n) is 14.5. The van der Waals surface area contributed by atoms with Crippen LogP contribution in [0.15, 0.2) is 43.9 Å². The molecule has 0 spiro atoms. The molecular formula is C18H25NO5. The summed E-state index contributed by atoms with van der Waals surface area (Å²) >= 11 is 0. The molecule has 6 nitrogen and oxygen atoms in total. The molecule has 0 fully saturated rings. The Balaban J connectivity index is 2.90. The Morgan fingerprint density at radius 3 is 2.25 bits per heavy atom. The van der Waals surface area contributed by atoms with Gasteiger partial charge in [-0.3, -0.25) is 4.79 Å². The van der Waals surface area contributed by atoms with Gasteiger partial charge in [0.25, 0.3) is 0 Å². The van der Waals surface area contributed by atoms with E-state index in [-0.39, 0.29) is 19.5 Å². The predicted octanol–water partition coefficient (Wildman–Crippen LogP) is 4.05. The number of hydrogen-bond acceptors (Lipinski definition) is 5. The number of nitrogens with one attached hydrogen (secondary N) is 1. The molecule has 1 aromatic carbocycles. The van der Waals surface area contributed by atoms with Gasteiger partial charge in [-0.2, -0.15) is 0 Å². The number of ether oxygens (including phenoxy) is 4. The molecule has 0 aliphatic rings. The molecule has 0 heterocycles. The highest BCUT2D eigenvalue weighted by atomic mass is 16.7. The molecule has 1 aromatic rings. The molecule has 0 saturated heterocycles. The summed E-state index contributed by atoms with van der Waals surface area (Å²) in [7, 11) is 0. The van der Waals surface area contributed by atoms with Gasteiger partial charge in [0.2, 0.25) is 19.5 Å². The molecule has 0 aliphatic carbocycles. The predicted molar refractivity (Wildman–Crippen MR) is 92.7 cm³/mol. The van der Waals surface area contributed by atoms with Crippen LogP contribution in [0.1, 0.15) is 27.2 Å². The molecule has 0 bridgehead atoms. The van der Waals surface area contributed by atoms with Gasteiger partial charge in [0.05, 0.1) is 12.5 Å². The SMILES string of the molecule is C=COCOc1ccc(NC(=O)C(C)(C)CC)cc1OCOC=C. The lowest BCUT2D eigenvalue weighted by molar-refractivity contribution is -0.124. The molecule has 0 atom stereocenters. The number of benzene rings is 1. The minimum absolute atomic E-state index is 0.00323. The number of rotatable bonds is 11. The summed E-state index contributed by atoms with van der Waals surface area (Å²) in [5.74, 6) is 0.802. The van der Waals surface area contributed by atoms with Gasteiger partial charge in [-0.25, -0.2) is 0 Å². The molecule has 0 saturated carbocycles. The van der Waals surface area contributed by atoms with E-state index < -0.39 is 5.41 Å². The van der Waals surface area contributed by atoms with E-state index in [1.165, 1.54) is 12.5 Å². The maximum absolute atomic E-state index is 12.3. The van der Waals surface area contributed by atoms with Crippen LogP contribution in [0.5, 0.6) is 11.5 Å². The van der Waals surface area contributed by atoms with Crippen molar-refractivity contribution in [3.8, 4) is 11.5 Å². The third-order valence-corrected chi connectivity index (χ3v) is 3.50. The quantitative estimate of drug-likeness (QED) is 0.375. The molecule has 0 unspecified atom stereocenters. The first-order valence-corrected chi connectivity index (χ1v) is 7.60. The lowest BCUT2D eigenvalue weighted by Crippen LogP contribution is -2.29. The van der Waals surface area contributed by atoms with Gasteiger partial charge in [-0.1, -0.05) is 33.9 Å². The van der Waals surface area contributed by atoms with Crippen molar-refractivity contribution in [2.24, 2.45) is 5.41 Å². The van der Waals surface area contributed by atoms with Gasteiger partial charge in [-0.15, -0.1) is 0 Å². The van der Waals surface area contributed by atoms with Gasteiger partial charge >= 0.3 is 0 Å². The van der Waals surface area contributed by atoms with E-state index in [9.17, 15) is 4.79 Å². The van der Waals surface area contributed by atoms with Crippen molar-refractivity contribution in [3.63, 3.8) is 0 Å².